The van der Waals surface area contributed by atoms with Crippen molar-refractivity contribution in [2.45, 2.75) is 31.7 Å². The quantitative estimate of drug-likeness (QED) is 0.323. The van der Waals surface area contributed by atoms with Crippen molar-refractivity contribution in [2.75, 3.05) is 6.61 Å². The predicted octanol–water partition coefficient (Wildman–Crippen LogP) is 2.12. The van der Waals surface area contributed by atoms with E-state index in [1.54, 1.807) is 6.92 Å². The number of amides is 2. The zero-order valence-electron chi connectivity index (χ0n) is 17.0. The number of primary amides is 1. The van der Waals surface area contributed by atoms with Crippen molar-refractivity contribution in [2.24, 2.45) is 5.73 Å². The molecule has 0 aliphatic heterocycles. The van der Waals surface area contributed by atoms with Gasteiger partial charge < -0.3 is 15.8 Å². The number of halogens is 2. The van der Waals surface area contributed by atoms with Crippen LogP contribution in [0.1, 0.15) is 30.4 Å². The van der Waals surface area contributed by atoms with Gasteiger partial charge in [0.1, 0.15) is 17.7 Å². The minimum atomic E-state index is -1.40. The molecule has 11 heteroatoms. The Labute approximate surface area is 181 Å². The third-order valence-electron chi connectivity index (χ3n) is 4.54. The zero-order chi connectivity index (χ0) is 23.8. The Morgan fingerprint density at radius 3 is 2.22 bits per heavy atom. The van der Waals surface area contributed by atoms with Gasteiger partial charge in [0.2, 0.25) is 11.8 Å². The second-order valence-electron chi connectivity index (χ2n) is 6.87. The van der Waals surface area contributed by atoms with E-state index in [0.717, 1.165) is 12.1 Å². The van der Waals surface area contributed by atoms with Crippen LogP contribution in [0, 0.1) is 21.7 Å². The number of non-ortho nitro benzene ring substituents is 1. The number of benzene rings is 2. The van der Waals surface area contributed by atoms with E-state index in [4.69, 9.17) is 10.5 Å². The number of rotatable bonds is 10. The summed E-state index contributed by atoms with van der Waals surface area (Å²) in [6.45, 7) is 1.66. The Balaban J connectivity index is 2.30. The highest BCUT2D eigenvalue weighted by Gasteiger charge is 2.32. The highest BCUT2D eigenvalue weighted by Crippen LogP contribution is 2.27. The third-order valence-corrected chi connectivity index (χ3v) is 4.54. The van der Waals surface area contributed by atoms with Gasteiger partial charge in [-0.05, 0) is 30.2 Å². The summed E-state index contributed by atoms with van der Waals surface area (Å²) >= 11 is 0. The highest BCUT2D eigenvalue weighted by molar-refractivity contribution is 5.89. The Kier molecular flexibility index (Phi) is 8.33. The van der Waals surface area contributed by atoms with Gasteiger partial charge in [-0.1, -0.05) is 12.1 Å². The molecule has 0 radical (unpaired) electrons. The number of esters is 1. The van der Waals surface area contributed by atoms with Crippen LogP contribution < -0.4 is 11.1 Å². The maximum atomic E-state index is 13.4. The lowest BCUT2D eigenvalue weighted by atomic mass is 9.87. The first-order chi connectivity index (χ1) is 15.1. The first-order valence-corrected chi connectivity index (χ1v) is 9.54. The van der Waals surface area contributed by atoms with Crippen LogP contribution in [-0.4, -0.2) is 35.4 Å². The molecule has 32 heavy (non-hydrogen) atoms. The summed E-state index contributed by atoms with van der Waals surface area (Å²) in [7, 11) is 0. The molecule has 170 valence electrons. The molecule has 9 nitrogen and oxygen atoms in total. The summed E-state index contributed by atoms with van der Waals surface area (Å²) in [6.07, 6.45) is -0.807. The van der Waals surface area contributed by atoms with E-state index < -0.39 is 52.7 Å². The number of nitro groups is 1. The Bertz CT molecular complexity index is 993. The normalized spacial score (nSPS) is 12.5. The number of nitro benzene ring substituents is 1. The van der Waals surface area contributed by atoms with Gasteiger partial charge in [0.25, 0.3) is 5.69 Å². The zero-order valence-corrected chi connectivity index (χ0v) is 17.0. The lowest BCUT2D eigenvalue weighted by molar-refractivity contribution is -0.384. The van der Waals surface area contributed by atoms with Crippen LogP contribution in [0.25, 0.3) is 0 Å². The van der Waals surface area contributed by atoms with Gasteiger partial charge in [-0.15, -0.1) is 0 Å². The number of nitrogens with two attached hydrogens (primary N) is 1. The van der Waals surface area contributed by atoms with E-state index in [2.05, 4.69) is 5.32 Å². The number of nitrogens with zero attached hydrogens (tertiary/aromatic N) is 1. The summed E-state index contributed by atoms with van der Waals surface area (Å²) in [6, 6.07) is 6.23. The molecule has 0 spiro atoms. The van der Waals surface area contributed by atoms with Crippen molar-refractivity contribution in [3.05, 3.63) is 75.3 Å². The van der Waals surface area contributed by atoms with Gasteiger partial charge in [0, 0.05) is 24.1 Å². The van der Waals surface area contributed by atoms with Crippen molar-refractivity contribution >= 4 is 23.5 Å². The van der Waals surface area contributed by atoms with Crippen molar-refractivity contribution in [1.29, 1.82) is 0 Å². The van der Waals surface area contributed by atoms with Crippen LogP contribution in [0.5, 0.6) is 0 Å². The molecule has 0 bridgehead atoms. The molecular weight excluding hydrogens is 428 g/mol. The molecule has 2 amide bonds. The van der Waals surface area contributed by atoms with E-state index in [1.807, 2.05) is 0 Å². The summed E-state index contributed by atoms with van der Waals surface area (Å²) in [5, 5.41) is 13.3. The van der Waals surface area contributed by atoms with E-state index in [9.17, 15) is 33.3 Å². The summed E-state index contributed by atoms with van der Waals surface area (Å²) in [4.78, 5) is 47.0. The molecule has 0 fully saturated rings. The minimum Gasteiger partial charge on any atom is -0.466 e. The van der Waals surface area contributed by atoms with E-state index in [-0.39, 0.29) is 24.3 Å². The molecule has 0 saturated carbocycles. The Morgan fingerprint density at radius 2 is 1.72 bits per heavy atom. The highest BCUT2D eigenvalue weighted by atomic mass is 19.1. The smallest absolute Gasteiger partial charge is 0.306 e. The second kappa shape index (κ2) is 10.9. The fourth-order valence-corrected chi connectivity index (χ4v) is 3.16. The van der Waals surface area contributed by atoms with Crippen LogP contribution in [-0.2, 0) is 25.5 Å². The molecule has 2 aromatic carbocycles. The standard InChI is InChI=1S/C21H21F2N3O6/c1-2-32-19(28)11-17(13-3-5-16(6-4-13)26(30)31)20(21(24)29)25-18(27)9-12-7-14(22)10-15(23)8-12/h3-8,10,17,20H,2,9,11H2,1H3,(H2,24,29)(H,25,27)/t17-,20+/m1/s1. The Hall–Kier alpha value is -3.89. The molecule has 0 saturated heterocycles. The van der Waals surface area contributed by atoms with Crippen molar-refractivity contribution in [3.63, 3.8) is 0 Å². The first kappa shape index (κ1) is 24.4. The van der Waals surface area contributed by atoms with Crippen LogP contribution in [0.15, 0.2) is 42.5 Å². The molecule has 2 rings (SSSR count). The number of nitrogens with one attached hydrogen (secondary N) is 1. The van der Waals surface area contributed by atoms with Crippen molar-refractivity contribution < 1.29 is 32.8 Å². The topological polar surface area (TPSA) is 142 Å². The largest absolute Gasteiger partial charge is 0.466 e. The van der Waals surface area contributed by atoms with Crippen molar-refractivity contribution in [3.8, 4) is 0 Å². The fourth-order valence-electron chi connectivity index (χ4n) is 3.16. The van der Waals surface area contributed by atoms with Crippen molar-refractivity contribution in [1.82, 2.24) is 5.32 Å². The maximum Gasteiger partial charge on any atom is 0.306 e. The molecule has 0 aromatic heterocycles. The molecule has 0 aliphatic carbocycles. The van der Waals surface area contributed by atoms with Gasteiger partial charge >= 0.3 is 5.97 Å². The second-order valence-corrected chi connectivity index (χ2v) is 6.87. The maximum absolute atomic E-state index is 13.4. The molecule has 2 atom stereocenters. The van der Waals surface area contributed by atoms with Gasteiger partial charge in [0.15, 0.2) is 0 Å². The summed E-state index contributed by atoms with van der Waals surface area (Å²) < 4.78 is 31.7. The number of hydrogen-bond donors (Lipinski definition) is 2. The number of carbonyl (C=O) groups is 3. The van der Waals surface area contributed by atoms with Gasteiger partial charge in [0.05, 0.1) is 24.4 Å². The van der Waals surface area contributed by atoms with Crippen LogP contribution in [0.2, 0.25) is 0 Å². The number of carbonyl (C=O) groups excluding carboxylic acids is 3. The van der Waals surface area contributed by atoms with Crippen LogP contribution in [0.3, 0.4) is 0 Å². The number of ether oxygens (including phenoxy) is 1. The van der Waals surface area contributed by atoms with Gasteiger partial charge in [-0.3, -0.25) is 24.5 Å². The lowest BCUT2D eigenvalue weighted by Crippen LogP contribution is -2.49. The van der Waals surface area contributed by atoms with E-state index in [0.29, 0.717) is 11.6 Å². The van der Waals surface area contributed by atoms with E-state index >= 15 is 0 Å². The average Bonchev–Trinajstić information content (AvgIpc) is 2.70. The molecule has 2 aromatic rings. The SMILES string of the molecule is CCOC(=O)C[C@H](c1ccc([N+](=O)[O-])cc1)[C@H](NC(=O)Cc1cc(F)cc(F)c1)C(N)=O. The first-order valence-electron chi connectivity index (χ1n) is 9.54. The van der Waals surface area contributed by atoms with E-state index in [1.165, 1.54) is 24.3 Å². The fraction of sp³-hybridized carbons (Fsp3) is 0.286. The molecule has 0 unspecified atom stereocenters. The molecule has 0 aliphatic rings. The lowest BCUT2D eigenvalue weighted by Gasteiger charge is -2.25. The predicted molar refractivity (Wildman–Crippen MR) is 108 cm³/mol. The molecule has 0 heterocycles. The number of hydrogen-bond acceptors (Lipinski definition) is 6. The third kappa shape index (κ3) is 6.83. The average molecular weight is 449 g/mol. The monoisotopic (exact) mass is 449 g/mol. The summed E-state index contributed by atoms with van der Waals surface area (Å²) in [5.74, 6) is -5.16. The van der Waals surface area contributed by atoms with Crippen LogP contribution in [0.4, 0.5) is 14.5 Å². The molecular formula is C21H21F2N3O6. The minimum absolute atomic E-state index is 0.0282. The molecule has 3 N–H and O–H groups in total. The Morgan fingerprint density at radius 1 is 1.12 bits per heavy atom. The van der Waals surface area contributed by atoms with Gasteiger partial charge in [-0.2, -0.15) is 0 Å². The van der Waals surface area contributed by atoms with Gasteiger partial charge in [-0.25, -0.2) is 8.78 Å². The summed E-state index contributed by atoms with van der Waals surface area (Å²) in [5.41, 5.74) is 5.60. The van der Waals surface area contributed by atoms with Crippen LogP contribution >= 0.6 is 0 Å².